The lowest BCUT2D eigenvalue weighted by atomic mass is 10.2. The standard InChI is InChI=1S/C12H19N3O2/c1-17-9-12(16)15-11-5-3-10(4-6-11)14-8-2-7-13/h3-6,14H,2,7-9,13H2,1H3,(H,15,16). The molecule has 4 N–H and O–H groups in total. The van der Waals surface area contributed by atoms with Crippen molar-refractivity contribution >= 4 is 17.3 Å². The third-order valence-corrected chi connectivity index (χ3v) is 2.15. The Morgan fingerprint density at radius 1 is 1.29 bits per heavy atom. The summed E-state index contributed by atoms with van der Waals surface area (Å²) in [6.45, 7) is 1.60. The van der Waals surface area contributed by atoms with E-state index in [1.807, 2.05) is 24.3 Å². The van der Waals surface area contributed by atoms with Crippen molar-refractivity contribution in [3.05, 3.63) is 24.3 Å². The summed E-state index contributed by atoms with van der Waals surface area (Å²) in [5.74, 6) is -0.156. The van der Waals surface area contributed by atoms with Gasteiger partial charge in [-0.25, -0.2) is 0 Å². The summed E-state index contributed by atoms with van der Waals surface area (Å²) in [7, 11) is 1.49. The lowest BCUT2D eigenvalue weighted by molar-refractivity contribution is -0.119. The highest BCUT2D eigenvalue weighted by Gasteiger charge is 2.00. The molecular weight excluding hydrogens is 218 g/mol. The molecular formula is C12H19N3O2. The van der Waals surface area contributed by atoms with Gasteiger partial charge in [0.25, 0.3) is 0 Å². The molecule has 1 rings (SSSR count). The molecule has 0 saturated heterocycles. The van der Waals surface area contributed by atoms with Gasteiger partial charge in [-0.15, -0.1) is 0 Å². The van der Waals surface area contributed by atoms with Gasteiger partial charge in [0.05, 0.1) is 0 Å². The van der Waals surface area contributed by atoms with E-state index in [4.69, 9.17) is 10.5 Å². The molecule has 94 valence electrons. The molecule has 1 aromatic carbocycles. The predicted octanol–water partition coefficient (Wildman–Crippen LogP) is 1.03. The number of anilines is 2. The van der Waals surface area contributed by atoms with Crippen LogP contribution in [0.3, 0.4) is 0 Å². The molecule has 0 heterocycles. The molecule has 17 heavy (non-hydrogen) atoms. The second-order valence-corrected chi connectivity index (χ2v) is 3.63. The maximum atomic E-state index is 11.2. The molecule has 0 saturated carbocycles. The van der Waals surface area contributed by atoms with Gasteiger partial charge < -0.3 is 21.1 Å². The van der Waals surface area contributed by atoms with E-state index in [0.29, 0.717) is 6.54 Å². The van der Waals surface area contributed by atoms with Crippen LogP contribution in [-0.2, 0) is 9.53 Å². The molecule has 0 aromatic heterocycles. The lowest BCUT2D eigenvalue weighted by Gasteiger charge is -2.07. The van der Waals surface area contributed by atoms with Gasteiger partial charge >= 0.3 is 0 Å². The van der Waals surface area contributed by atoms with Gasteiger partial charge in [0.1, 0.15) is 6.61 Å². The predicted molar refractivity (Wildman–Crippen MR) is 69.1 cm³/mol. The fourth-order valence-corrected chi connectivity index (χ4v) is 1.33. The Morgan fingerprint density at radius 3 is 2.53 bits per heavy atom. The number of hydrogen-bond donors (Lipinski definition) is 3. The molecule has 0 aliphatic carbocycles. The molecule has 0 radical (unpaired) electrons. The number of carbonyl (C=O) groups excluding carboxylic acids is 1. The number of rotatable bonds is 7. The van der Waals surface area contributed by atoms with Crippen LogP contribution in [0.25, 0.3) is 0 Å². The fraction of sp³-hybridized carbons (Fsp3) is 0.417. The van der Waals surface area contributed by atoms with Crippen LogP contribution in [-0.4, -0.2) is 32.7 Å². The zero-order valence-electron chi connectivity index (χ0n) is 10.0. The number of ether oxygens (including phenoxy) is 1. The molecule has 0 atom stereocenters. The molecule has 0 bridgehead atoms. The van der Waals surface area contributed by atoms with Gasteiger partial charge in [0.2, 0.25) is 5.91 Å². The molecule has 5 nitrogen and oxygen atoms in total. The number of nitrogens with two attached hydrogens (primary N) is 1. The third kappa shape index (κ3) is 5.33. The Kier molecular flexibility index (Phi) is 6.06. The van der Waals surface area contributed by atoms with Crippen LogP contribution in [0, 0.1) is 0 Å². The Morgan fingerprint density at radius 2 is 1.94 bits per heavy atom. The first-order valence-corrected chi connectivity index (χ1v) is 5.59. The second kappa shape index (κ2) is 7.65. The second-order valence-electron chi connectivity index (χ2n) is 3.63. The lowest BCUT2D eigenvalue weighted by Crippen LogP contribution is -2.17. The van der Waals surface area contributed by atoms with Crippen molar-refractivity contribution < 1.29 is 9.53 Å². The minimum Gasteiger partial charge on any atom is -0.385 e. The SMILES string of the molecule is COCC(=O)Nc1ccc(NCCCN)cc1. The van der Waals surface area contributed by atoms with Crippen molar-refractivity contribution in [2.75, 3.05) is 37.4 Å². The first-order valence-electron chi connectivity index (χ1n) is 5.59. The van der Waals surface area contributed by atoms with Crippen molar-refractivity contribution in [1.82, 2.24) is 0 Å². The van der Waals surface area contributed by atoms with E-state index < -0.39 is 0 Å². The van der Waals surface area contributed by atoms with E-state index >= 15 is 0 Å². The summed E-state index contributed by atoms with van der Waals surface area (Å²) in [6, 6.07) is 7.52. The summed E-state index contributed by atoms with van der Waals surface area (Å²) >= 11 is 0. The number of benzene rings is 1. The average molecular weight is 237 g/mol. The van der Waals surface area contributed by atoms with E-state index in [-0.39, 0.29) is 12.5 Å². The van der Waals surface area contributed by atoms with Crippen LogP contribution >= 0.6 is 0 Å². The highest BCUT2D eigenvalue weighted by atomic mass is 16.5. The van der Waals surface area contributed by atoms with Gasteiger partial charge in [0.15, 0.2) is 0 Å². The van der Waals surface area contributed by atoms with Gasteiger partial charge in [-0.05, 0) is 37.2 Å². The maximum absolute atomic E-state index is 11.2. The highest BCUT2D eigenvalue weighted by molar-refractivity contribution is 5.91. The highest BCUT2D eigenvalue weighted by Crippen LogP contribution is 2.13. The summed E-state index contributed by atoms with van der Waals surface area (Å²) in [5.41, 5.74) is 7.18. The van der Waals surface area contributed by atoms with Crippen LogP contribution < -0.4 is 16.4 Å². The van der Waals surface area contributed by atoms with Crippen LogP contribution in [0.2, 0.25) is 0 Å². The summed E-state index contributed by atoms with van der Waals surface area (Å²) in [5, 5.41) is 5.96. The van der Waals surface area contributed by atoms with Gasteiger partial charge in [0, 0.05) is 25.0 Å². The molecule has 0 spiro atoms. The Hall–Kier alpha value is -1.59. The monoisotopic (exact) mass is 237 g/mol. The van der Waals surface area contributed by atoms with E-state index in [9.17, 15) is 4.79 Å². The third-order valence-electron chi connectivity index (χ3n) is 2.15. The van der Waals surface area contributed by atoms with Gasteiger partial charge in [-0.1, -0.05) is 0 Å². The van der Waals surface area contributed by atoms with Crippen molar-refractivity contribution in [1.29, 1.82) is 0 Å². The van der Waals surface area contributed by atoms with E-state index in [1.165, 1.54) is 7.11 Å². The molecule has 0 aliphatic rings. The Labute approximate surface area is 101 Å². The Bertz CT molecular complexity index is 338. The summed E-state index contributed by atoms with van der Waals surface area (Å²) in [6.07, 6.45) is 0.937. The largest absolute Gasteiger partial charge is 0.385 e. The summed E-state index contributed by atoms with van der Waals surface area (Å²) < 4.78 is 4.73. The fourth-order valence-electron chi connectivity index (χ4n) is 1.33. The van der Waals surface area contributed by atoms with E-state index in [0.717, 1.165) is 24.3 Å². The van der Waals surface area contributed by atoms with Crippen LogP contribution in [0.1, 0.15) is 6.42 Å². The molecule has 0 unspecified atom stereocenters. The maximum Gasteiger partial charge on any atom is 0.250 e. The number of hydrogen-bond acceptors (Lipinski definition) is 4. The molecule has 0 aliphatic heterocycles. The number of amides is 1. The van der Waals surface area contributed by atoms with Gasteiger partial charge in [-0.3, -0.25) is 4.79 Å². The quantitative estimate of drug-likeness (QED) is 0.619. The average Bonchev–Trinajstić information content (AvgIpc) is 2.32. The van der Waals surface area contributed by atoms with E-state index in [2.05, 4.69) is 10.6 Å². The summed E-state index contributed by atoms with van der Waals surface area (Å²) in [4.78, 5) is 11.2. The van der Waals surface area contributed by atoms with Crippen LogP contribution in [0.5, 0.6) is 0 Å². The van der Waals surface area contributed by atoms with Crippen molar-refractivity contribution in [3.8, 4) is 0 Å². The number of methoxy groups -OCH3 is 1. The normalized spacial score (nSPS) is 10.0. The van der Waals surface area contributed by atoms with Gasteiger partial charge in [-0.2, -0.15) is 0 Å². The molecule has 1 amide bonds. The van der Waals surface area contributed by atoms with Crippen molar-refractivity contribution in [2.24, 2.45) is 5.73 Å². The van der Waals surface area contributed by atoms with E-state index in [1.54, 1.807) is 0 Å². The van der Waals surface area contributed by atoms with Crippen LogP contribution in [0.15, 0.2) is 24.3 Å². The number of nitrogens with one attached hydrogen (secondary N) is 2. The minimum atomic E-state index is -0.156. The van der Waals surface area contributed by atoms with Crippen LogP contribution in [0.4, 0.5) is 11.4 Å². The zero-order valence-corrected chi connectivity index (χ0v) is 10.0. The molecule has 1 aromatic rings. The Balaban J connectivity index is 2.41. The first kappa shape index (κ1) is 13.5. The number of carbonyl (C=O) groups is 1. The van der Waals surface area contributed by atoms with Crippen molar-refractivity contribution in [2.45, 2.75) is 6.42 Å². The zero-order chi connectivity index (χ0) is 12.5. The molecule has 0 fully saturated rings. The minimum absolute atomic E-state index is 0.0660. The topological polar surface area (TPSA) is 76.4 Å². The first-order chi connectivity index (χ1) is 8.26. The van der Waals surface area contributed by atoms with Crippen molar-refractivity contribution in [3.63, 3.8) is 0 Å². The molecule has 5 heteroatoms. The smallest absolute Gasteiger partial charge is 0.250 e.